The number of ether oxygens (including phenoxy) is 2. The van der Waals surface area contributed by atoms with Gasteiger partial charge in [-0.2, -0.15) is 0 Å². The van der Waals surface area contributed by atoms with Crippen molar-refractivity contribution in [2.45, 2.75) is 84.0 Å². The summed E-state index contributed by atoms with van der Waals surface area (Å²) in [6, 6.07) is 0. The third-order valence-corrected chi connectivity index (χ3v) is 3.87. The number of esters is 2. The highest BCUT2D eigenvalue weighted by molar-refractivity contribution is 5.89. The minimum Gasteiger partial charge on any atom is -0.469 e. The van der Waals surface area contributed by atoms with E-state index >= 15 is 0 Å². The molecule has 0 heterocycles. The maximum Gasteiger partial charge on any atom is 0.305 e. The third-order valence-electron chi connectivity index (χ3n) is 3.87. The molecule has 0 unspecified atom stereocenters. The summed E-state index contributed by atoms with van der Waals surface area (Å²) in [4.78, 5) is 34.0. The van der Waals surface area contributed by atoms with Crippen LogP contribution in [0.5, 0.6) is 0 Å². The summed E-state index contributed by atoms with van der Waals surface area (Å²) < 4.78 is 9.71. The van der Waals surface area contributed by atoms with Gasteiger partial charge in [0, 0.05) is 19.3 Å². The Morgan fingerprint density at radius 2 is 1.40 bits per heavy atom. The molecule has 0 fully saturated rings. The summed E-state index contributed by atoms with van der Waals surface area (Å²) in [5.41, 5.74) is 0. The lowest BCUT2D eigenvalue weighted by Crippen LogP contribution is -2.05. The molecule has 0 aliphatic heterocycles. The molecule has 25 heavy (non-hydrogen) atoms. The fourth-order valence-electron chi connectivity index (χ4n) is 2.33. The fourth-order valence-corrected chi connectivity index (χ4v) is 2.33. The molecule has 0 bridgehead atoms. The number of hydrogen-bond acceptors (Lipinski definition) is 5. The van der Waals surface area contributed by atoms with Gasteiger partial charge in [0.15, 0.2) is 5.78 Å². The molecule has 0 saturated heterocycles. The van der Waals surface area contributed by atoms with Crippen LogP contribution in [0.15, 0.2) is 12.2 Å². The van der Waals surface area contributed by atoms with E-state index in [1.807, 2.05) is 0 Å². The van der Waals surface area contributed by atoms with Crippen LogP contribution in [0.2, 0.25) is 0 Å². The van der Waals surface area contributed by atoms with Gasteiger partial charge < -0.3 is 9.47 Å². The van der Waals surface area contributed by atoms with E-state index in [1.165, 1.54) is 7.11 Å². The van der Waals surface area contributed by atoms with Crippen LogP contribution >= 0.6 is 0 Å². The van der Waals surface area contributed by atoms with Crippen molar-refractivity contribution in [3.63, 3.8) is 0 Å². The van der Waals surface area contributed by atoms with Crippen molar-refractivity contribution in [1.29, 1.82) is 0 Å². The second-order valence-corrected chi connectivity index (χ2v) is 6.18. The van der Waals surface area contributed by atoms with Gasteiger partial charge in [0.2, 0.25) is 0 Å². The molecule has 0 radical (unpaired) electrons. The molecule has 5 nitrogen and oxygen atoms in total. The van der Waals surface area contributed by atoms with Crippen molar-refractivity contribution in [2.75, 3.05) is 13.7 Å². The molecule has 0 atom stereocenters. The van der Waals surface area contributed by atoms with Gasteiger partial charge in [-0.25, -0.2) is 0 Å². The van der Waals surface area contributed by atoms with E-state index in [9.17, 15) is 14.4 Å². The molecule has 0 aromatic carbocycles. The van der Waals surface area contributed by atoms with Gasteiger partial charge in [-0.15, -0.1) is 0 Å². The Morgan fingerprint density at radius 1 is 0.800 bits per heavy atom. The van der Waals surface area contributed by atoms with Gasteiger partial charge in [-0.05, 0) is 31.8 Å². The fraction of sp³-hybridized carbons (Fsp3) is 0.750. The van der Waals surface area contributed by atoms with E-state index < -0.39 is 0 Å². The van der Waals surface area contributed by atoms with E-state index in [2.05, 4.69) is 11.7 Å². The summed E-state index contributed by atoms with van der Waals surface area (Å²) >= 11 is 0. The highest BCUT2D eigenvalue weighted by Gasteiger charge is 2.03. The minimum atomic E-state index is -0.183. The van der Waals surface area contributed by atoms with Crippen molar-refractivity contribution >= 4 is 17.7 Å². The first kappa shape index (κ1) is 23.4. The Kier molecular flexibility index (Phi) is 16.0. The number of unbranched alkanes of at least 4 members (excludes halogenated alkanes) is 6. The topological polar surface area (TPSA) is 69.7 Å². The molecule has 0 amide bonds. The van der Waals surface area contributed by atoms with Gasteiger partial charge in [0.05, 0.1) is 13.7 Å². The Bertz CT molecular complexity index is 401. The summed E-state index contributed by atoms with van der Waals surface area (Å²) in [6.45, 7) is 2.44. The van der Waals surface area contributed by atoms with Gasteiger partial charge in [0.1, 0.15) is 0 Å². The van der Waals surface area contributed by atoms with Gasteiger partial charge in [-0.1, -0.05) is 45.1 Å². The molecular formula is C20H34O5. The lowest BCUT2D eigenvalue weighted by molar-refractivity contribution is -0.143. The summed E-state index contributed by atoms with van der Waals surface area (Å²) in [5, 5.41) is 0. The van der Waals surface area contributed by atoms with Crippen molar-refractivity contribution < 1.29 is 23.9 Å². The van der Waals surface area contributed by atoms with Crippen molar-refractivity contribution in [1.82, 2.24) is 0 Å². The predicted molar refractivity (Wildman–Crippen MR) is 98.2 cm³/mol. The average molecular weight is 354 g/mol. The summed E-state index contributed by atoms with van der Waals surface area (Å²) in [5.74, 6) is -0.204. The normalized spacial score (nSPS) is 10.8. The smallest absolute Gasteiger partial charge is 0.305 e. The Labute approximate surface area is 152 Å². The summed E-state index contributed by atoms with van der Waals surface area (Å²) in [7, 11) is 1.40. The van der Waals surface area contributed by atoms with Crippen LogP contribution in [0.3, 0.4) is 0 Å². The average Bonchev–Trinajstić information content (AvgIpc) is 2.60. The SMILES string of the molecule is CCCCCC(=O)/C=C/CCOC(=O)CCCCCCCC(=O)OC. The van der Waals surface area contributed by atoms with Crippen LogP contribution < -0.4 is 0 Å². The first-order valence-electron chi connectivity index (χ1n) is 9.52. The number of ketones is 1. The Balaban J connectivity index is 3.44. The standard InChI is InChI=1S/C20H34O5/c1-3-4-8-13-18(21)14-11-12-17-25-20(23)16-10-7-5-6-9-15-19(22)24-2/h11,14H,3-10,12-13,15-17H2,1-2H3/b14-11+. The van der Waals surface area contributed by atoms with Crippen LogP contribution in [-0.2, 0) is 23.9 Å². The van der Waals surface area contributed by atoms with Crippen LogP contribution in [0.25, 0.3) is 0 Å². The van der Waals surface area contributed by atoms with Crippen molar-refractivity contribution in [2.24, 2.45) is 0 Å². The zero-order valence-corrected chi connectivity index (χ0v) is 15.9. The van der Waals surface area contributed by atoms with E-state index in [-0.39, 0.29) is 17.7 Å². The highest BCUT2D eigenvalue weighted by Crippen LogP contribution is 2.08. The van der Waals surface area contributed by atoms with Crippen LogP contribution in [-0.4, -0.2) is 31.4 Å². The van der Waals surface area contributed by atoms with Gasteiger partial charge in [-0.3, -0.25) is 14.4 Å². The van der Waals surface area contributed by atoms with Crippen LogP contribution in [0.4, 0.5) is 0 Å². The number of hydrogen-bond donors (Lipinski definition) is 0. The first-order valence-corrected chi connectivity index (χ1v) is 9.52. The second kappa shape index (κ2) is 17.2. The maximum atomic E-state index is 11.6. The zero-order valence-electron chi connectivity index (χ0n) is 15.9. The maximum absolute atomic E-state index is 11.6. The summed E-state index contributed by atoms with van der Waals surface area (Å²) in [6.07, 6.45) is 13.2. The molecule has 0 aliphatic carbocycles. The van der Waals surface area contributed by atoms with Gasteiger partial charge >= 0.3 is 11.9 Å². The van der Waals surface area contributed by atoms with Crippen LogP contribution in [0, 0.1) is 0 Å². The molecular weight excluding hydrogens is 320 g/mol. The van der Waals surface area contributed by atoms with Crippen molar-refractivity contribution in [3.8, 4) is 0 Å². The zero-order chi connectivity index (χ0) is 18.8. The van der Waals surface area contributed by atoms with Gasteiger partial charge in [0.25, 0.3) is 0 Å². The third kappa shape index (κ3) is 17.0. The van der Waals surface area contributed by atoms with E-state index in [0.717, 1.165) is 51.4 Å². The number of carbonyl (C=O) groups is 3. The predicted octanol–water partition coefficient (Wildman–Crippen LogP) is 4.53. The number of rotatable bonds is 16. The lowest BCUT2D eigenvalue weighted by atomic mass is 10.1. The minimum absolute atomic E-state index is 0.145. The second-order valence-electron chi connectivity index (χ2n) is 6.18. The molecule has 0 spiro atoms. The molecule has 5 heteroatoms. The van der Waals surface area contributed by atoms with Crippen LogP contribution in [0.1, 0.15) is 84.0 Å². The molecule has 0 rings (SSSR count). The van der Waals surface area contributed by atoms with E-state index in [1.54, 1.807) is 12.2 Å². The molecule has 0 aromatic rings. The first-order chi connectivity index (χ1) is 12.1. The highest BCUT2D eigenvalue weighted by atomic mass is 16.5. The van der Waals surface area contributed by atoms with E-state index in [0.29, 0.717) is 32.3 Å². The molecule has 0 aromatic heterocycles. The van der Waals surface area contributed by atoms with E-state index in [4.69, 9.17) is 4.74 Å². The molecule has 0 saturated carbocycles. The lowest BCUT2D eigenvalue weighted by Gasteiger charge is -2.03. The monoisotopic (exact) mass is 354 g/mol. The largest absolute Gasteiger partial charge is 0.469 e. The number of carbonyl (C=O) groups excluding carboxylic acids is 3. The molecule has 0 aliphatic rings. The Morgan fingerprint density at radius 3 is 2.04 bits per heavy atom. The number of methoxy groups -OCH3 is 1. The van der Waals surface area contributed by atoms with Crippen molar-refractivity contribution in [3.05, 3.63) is 12.2 Å². The molecule has 0 N–H and O–H groups in total. The molecule has 144 valence electrons. The Hall–Kier alpha value is -1.65. The number of allylic oxidation sites excluding steroid dienone is 1. The quantitative estimate of drug-likeness (QED) is 0.231.